The maximum Gasteiger partial charge on any atom is 0.264 e. The number of benzene rings is 1. The molecule has 2 rings (SSSR count). The second-order valence-electron chi connectivity index (χ2n) is 4.45. The van der Waals surface area contributed by atoms with E-state index in [9.17, 15) is 9.90 Å². The molecule has 5 heteroatoms. The Labute approximate surface area is 116 Å². The number of hydrogen-bond donors (Lipinski definition) is 2. The van der Waals surface area contributed by atoms with E-state index in [4.69, 9.17) is 5.73 Å². The van der Waals surface area contributed by atoms with Gasteiger partial charge in [-0.15, -0.1) is 11.3 Å². The van der Waals surface area contributed by atoms with Crippen LogP contribution in [-0.4, -0.2) is 23.0 Å². The number of nitrogens with zero attached hydrogens (tertiary/aromatic N) is 1. The lowest BCUT2D eigenvalue weighted by molar-refractivity contribution is 0.0790. The van der Waals surface area contributed by atoms with Gasteiger partial charge in [0.2, 0.25) is 0 Å². The molecular weight excluding hydrogens is 260 g/mol. The summed E-state index contributed by atoms with van der Waals surface area (Å²) in [7, 11) is 1.75. The van der Waals surface area contributed by atoms with Gasteiger partial charge in [0.05, 0.1) is 4.88 Å². The van der Waals surface area contributed by atoms with Crippen molar-refractivity contribution in [1.29, 1.82) is 0 Å². The molecule has 0 fully saturated rings. The largest absolute Gasteiger partial charge is 0.508 e. The molecule has 1 heterocycles. The van der Waals surface area contributed by atoms with E-state index >= 15 is 0 Å². The number of aromatic hydroxyl groups is 1. The second-order valence-corrected chi connectivity index (χ2v) is 5.71. The molecule has 0 aliphatic heterocycles. The van der Waals surface area contributed by atoms with E-state index < -0.39 is 0 Å². The van der Waals surface area contributed by atoms with Gasteiger partial charge in [0.1, 0.15) is 5.75 Å². The van der Waals surface area contributed by atoms with Crippen LogP contribution in [0.2, 0.25) is 0 Å². The Balaban J connectivity index is 2.09. The highest BCUT2D eigenvalue weighted by atomic mass is 32.1. The summed E-state index contributed by atoms with van der Waals surface area (Å²) in [5.41, 5.74) is 7.39. The molecule has 1 amide bonds. The van der Waals surface area contributed by atoms with Crippen LogP contribution in [0.3, 0.4) is 0 Å². The molecule has 0 aliphatic rings. The highest BCUT2D eigenvalue weighted by molar-refractivity contribution is 7.14. The first kappa shape index (κ1) is 13.4. The fourth-order valence-corrected chi connectivity index (χ4v) is 2.67. The molecule has 0 radical (unpaired) electrons. The quantitative estimate of drug-likeness (QED) is 0.905. The standard InChI is InChI=1S/C14H16N2O2S/c1-9-12(15)7-13(19-9)14(18)16(2)8-10-3-5-11(17)6-4-10/h3-7,17H,8,15H2,1-2H3. The fraction of sp³-hybridized carbons (Fsp3) is 0.214. The van der Waals surface area contributed by atoms with Crippen LogP contribution in [0.4, 0.5) is 5.69 Å². The van der Waals surface area contributed by atoms with Crippen LogP contribution in [0.15, 0.2) is 30.3 Å². The molecule has 0 atom stereocenters. The van der Waals surface area contributed by atoms with Gasteiger partial charge in [-0.1, -0.05) is 12.1 Å². The van der Waals surface area contributed by atoms with E-state index in [-0.39, 0.29) is 11.7 Å². The van der Waals surface area contributed by atoms with Crippen molar-refractivity contribution in [2.75, 3.05) is 12.8 Å². The molecule has 0 saturated carbocycles. The molecule has 1 aromatic heterocycles. The van der Waals surface area contributed by atoms with Crippen LogP contribution < -0.4 is 5.73 Å². The minimum Gasteiger partial charge on any atom is -0.508 e. The maximum atomic E-state index is 12.2. The molecular formula is C14H16N2O2S. The summed E-state index contributed by atoms with van der Waals surface area (Å²) in [5.74, 6) is 0.178. The van der Waals surface area contributed by atoms with Crippen LogP contribution in [0, 0.1) is 6.92 Å². The summed E-state index contributed by atoms with van der Waals surface area (Å²) < 4.78 is 0. The highest BCUT2D eigenvalue weighted by Gasteiger charge is 2.15. The van der Waals surface area contributed by atoms with Crippen molar-refractivity contribution in [3.8, 4) is 5.75 Å². The smallest absolute Gasteiger partial charge is 0.264 e. The van der Waals surface area contributed by atoms with E-state index in [1.807, 2.05) is 6.92 Å². The number of carbonyl (C=O) groups excluding carboxylic acids is 1. The zero-order valence-electron chi connectivity index (χ0n) is 10.9. The van der Waals surface area contributed by atoms with Gasteiger partial charge >= 0.3 is 0 Å². The van der Waals surface area contributed by atoms with E-state index in [2.05, 4.69) is 0 Å². The molecule has 19 heavy (non-hydrogen) atoms. The van der Waals surface area contributed by atoms with Gasteiger partial charge < -0.3 is 15.7 Å². The third-order valence-electron chi connectivity index (χ3n) is 2.87. The van der Waals surface area contributed by atoms with Crippen molar-refractivity contribution in [2.45, 2.75) is 13.5 Å². The number of thiophene rings is 1. The van der Waals surface area contributed by atoms with E-state index in [1.54, 1.807) is 42.3 Å². The highest BCUT2D eigenvalue weighted by Crippen LogP contribution is 2.24. The third-order valence-corrected chi connectivity index (χ3v) is 3.92. The number of hydrogen-bond acceptors (Lipinski definition) is 4. The molecule has 4 nitrogen and oxygen atoms in total. The zero-order valence-corrected chi connectivity index (χ0v) is 11.7. The van der Waals surface area contributed by atoms with Gasteiger partial charge in [-0.25, -0.2) is 0 Å². The van der Waals surface area contributed by atoms with Crippen LogP contribution in [0.1, 0.15) is 20.1 Å². The topological polar surface area (TPSA) is 66.6 Å². The van der Waals surface area contributed by atoms with Gasteiger partial charge in [-0.3, -0.25) is 4.79 Å². The lowest BCUT2D eigenvalue weighted by Crippen LogP contribution is -2.25. The number of aryl methyl sites for hydroxylation is 1. The number of anilines is 1. The van der Waals surface area contributed by atoms with E-state index in [0.717, 1.165) is 10.4 Å². The Morgan fingerprint density at radius 1 is 1.37 bits per heavy atom. The van der Waals surface area contributed by atoms with Crippen molar-refractivity contribution >= 4 is 22.9 Å². The maximum absolute atomic E-state index is 12.2. The first-order valence-corrected chi connectivity index (χ1v) is 6.68. The fourth-order valence-electron chi connectivity index (χ4n) is 1.74. The van der Waals surface area contributed by atoms with Gasteiger partial charge in [-0.2, -0.15) is 0 Å². The van der Waals surface area contributed by atoms with Crippen molar-refractivity contribution in [2.24, 2.45) is 0 Å². The number of nitrogens with two attached hydrogens (primary N) is 1. The average Bonchev–Trinajstić information content (AvgIpc) is 2.71. The number of phenolic OH excluding ortho intramolecular Hbond substituents is 1. The van der Waals surface area contributed by atoms with Crippen LogP contribution >= 0.6 is 11.3 Å². The second kappa shape index (κ2) is 5.32. The summed E-state index contributed by atoms with van der Waals surface area (Å²) in [4.78, 5) is 15.5. The summed E-state index contributed by atoms with van der Waals surface area (Å²) in [5, 5.41) is 9.22. The molecule has 3 N–H and O–H groups in total. The van der Waals surface area contributed by atoms with Crippen molar-refractivity contribution < 1.29 is 9.90 Å². The van der Waals surface area contributed by atoms with Crippen LogP contribution in [0.5, 0.6) is 5.75 Å². The lowest BCUT2D eigenvalue weighted by Gasteiger charge is -2.16. The minimum atomic E-state index is -0.0436. The molecule has 2 aromatic rings. The Hall–Kier alpha value is -2.01. The predicted molar refractivity (Wildman–Crippen MR) is 77.4 cm³/mol. The van der Waals surface area contributed by atoms with Crippen LogP contribution in [0.25, 0.3) is 0 Å². The number of amides is 1. The average molecular weight is 276 g/mol. The molecule has 0 aliphatic carbocycles. The van der Waals surface area contributed by atoms with Gasteiger partial charge in [-0.05, 0) is 30.7 Å². The molecule has 1 aromatic carbocycles. The van der Waals surface area contributed by atoms with Crippen molar-refractivity contribution in [1.82, 2.24) is 4.90 Å². The molecule has 100 valence electrons. The molecule has 0 spiro atoms. The SMILES string of the molecule is Cc1sc(C(=O)N(C)Cc2ccc(O)cc2)cc1N. The predicted octanol–water partition coefficient (Wildman–Crippen LogP) is 2.62. The number of phenols is 1. The Kier molecular flexibility index (Phi) is 3.76. The molecule has 0 unspecified atom stereocenters. The van der Waals surface area contributed by atoms with Crippen LogP contribution in [-0.2, 0) is 6.54 Å². The Bertz CT molecular complexity index is 570. The third kappa shape index (κ3) is 3.06. The summed E-state index contributed by atoms with van der Waals surface area (Å²) in [6.45, 7) is 2.40. The van der Waals surface area contributed by atoms with Gasteiger partial charge in [0.15, 0.2) is 0 Å². The summed E-state index contributed by atoms with van der Waals surface area (Å²) >= 11 is 1.41. The molecule has 0 saturated heterocycles. The zero-order chi connectivity index (χ0) is 14.0. The first-order chi connectivity index (χ1) is 8.97. The number of rotatable bonds is 3. The Morgan fingerprint density at radius 3 is 2.53 bits per heavy atom. The van der Waals surface area contributed by atoms with E-state index in [0.29, 0.717) is 17.1 Å². The number of carbonyl (C=O) groups is 1. The monoisotopic (exact) mass is 276 g/mol. The van der Waals surface area contributed by atoms with Crippen molar-refractivity contribution in [3.63, 3.8) is 0 Å². The van der Waals surface area contributed by atoms with Gasteiger partial charge in [0.25, 0.3) is 5.91 Å². The minimum absolute atomic E-state index is 0.0436. The van der Waals surface area contributed by atoms with E-state index in [1.165, 1.54) is 11.3 Å². The Morgan fingerprint density at radius 2 is 2.00 bits per heavy atom. The molecule has 0 bridgehead atoms. The summed E-state index contributed by atoms with van der Waals surface area (Å²) in [6.07, 6.45) is 0. The normalized spacial score (nSPS) is 10.4. The van der Waals surface area contributed by atoms with Gasteiger partial charge in [0, 0.05) is 24.2 Å². The summed E-state index contributed by atoms with van der Waals surface area (Å²) in [6, 6.07) is 8.54. The first-order valence-electron chi connectivity index (χ1n) is 5.86. The van der Waals surface area contributed by atoms with Crippen molar-refractivity contribution in [3.05, 3.63) is 45.6 Å². The number of nitrogen functional groups attached to an aromatic ring is 1. The lowest BCUT2D eigenvalue weighted by atomic mass is 10.2.